The van der Waals surface area contributed by atoms with E-state index in [9.17, 15) is 0 Å². The Bertz CT molecular complexity index is 3210. The van der Waals surface area contributed by atoms with E-state index in [1.165, 1.54) is 112 Å². The highest BCUT2D eigenvalue weighted by atomic mass is 15.2. The molecule has 2 heteroatoms. The van der Waals surface area contributed by atoms with Crippen LogP contribution in [0.5, 0.6) is 0 Å². The molecule has 0 atom stereocenters. The second-order valence-electron chi connectivity index (χ2n) is 18.0. The molecule has 0 bridgehead atoms. The van der Waals surface area contributed by atoms with Crippen molar-refractivity contribution in [2.45, 2.75) is 43.9 Å². The summed E-state index contributed by atoms with van der Waals surface area (Å²) in [6.45, 7) is 0. The molecule has 300 valence electrons. The smallest absolute Gasteiger partial charge is 0.0540 e. The minimum Gasteiger partial charge on any atom is -0.310 e. The fourth-order valence-electron chi connectivity index (χ4n) is 11.7. The van der Waals surface area contributed by atoms with Crippen LogP contribution >= 0.6 is 0 Å². The molecule has 0 amide bonds. The molecule has 2 aliphatic carbocycles. The maximum atomic E-state index is 2.55. The fourth-order valence-corrected chi connectivity index (χ4v) is 11.7. The summed E-state index contributed by atoms with van der Waals surface area (Å²) in [7, 11) is 0. The molecule has 0 saturated carbocycles. The number of aryl methyl sites for hydroxylation is 4. The van der Waals surface area contributed by atoms with Gasteiger partial charge in [0.05, 0.1) is 5.69 Å². The van der Waals surface area contributed by atoms with Crippen molar-refractivity contribution in [3.05, 3.63) is 250 Å². The molecule has 9 aromatic rings. The molecule has 0 saturated heterocycles. The molecule has 2 aliphatic heterocycles. The topological polar surface area (TPSA) is 6.48 Å². The maximum Gasteiger partial charge on any atom is 0.0540 e. The van der Waals surface area contributed by atoms with Crippen LogP contribution < -0.4 is 9.80 Å². The van der Waals surface area contributed by atoms with Crippen molar-refractivity contribution in [3.63, 3.8) is 0 Å². The van der Waals surface area contributed by atoms with E-state index in [1.807, 2.05) is 0 Å². The van der Waals surface area contributed by atoms with Gasteiger partial charge in [0, 0.05) is 39.2 Å². The van der Waals surface area contributed by atoms with Gasteiger partial charge in [-0.1, -0.05) is 164 Å². The number of nitrogens with zero attached hydrogens (tertiary/aromatic N) is 2. The average molecular weight is 807 g/mol. The van der Waals surface area contributed by atoms with Crippen molar-refractivity contribution in [1.82, 2.24) is 0 Å². The third kappa shape index (κ3) is 5.71. The number of benzene rings is 9. The summed E-state index contributed by atoms with van der Waals surface area (Å²) in [4.78, 5) is 5.03. The number of para-hydroxylation sites is 4. The van der Waals surface area contributed by atoms with Crippen molar-refractivity contribution >= 4 is 57.0 Å². The minimum absolute atomic E-state index is 0.146. The lowest BCUT2D eigenvalue weighted by molar-refractivity contribution is 0.563. The summed E-state index contributed by atoms with van der Waals surface area (Å²) in [5.41, 5.74) is 24.0. The zero-order valence-corrected chi connectivity index (χ0v) is 35.3. The van der Waals surface area contributed by atoms with E-state index in [2.05, 4.69) is 216 Å². The number of anilines is 6. The number of rotatable bonds is 4. The molecule has 2 heterocycles. The van der Waals surface area contributed by atoms with Gasteiger partial charge in [-0.25, -0.2) is 0 Å². The van der Waals surface area contributed by atoms with E-state index in [1.54, 1.807) is 0 Å². The van der Waals surface area contributed by atoms with Crippen LogP contribution in [0.2, 0.25) is 0 Å². The Morgan fingerprint density at radius 2 is 0.810 bits per heavy atom. The molecular weight excluding hydrogens is 761 g/mol. The predicted octanol–water partition coefficient (Wildman–Crippen LogP) is 15.2. The quantitative estimate of drug-likeness (QED) is 0.163. The molecule has 0 N–H and O–H groups in total. The lowest BCUT2D eigenvalue weighted by atomic mass is 9.75. The van der Waals surface area contributed by atoms with Gasteiger partial charge in [0.15, 0.2) is 0 Å². The van der Waals surface area contributed by atoms with Gasteiger partial charge in [-0.15, -0.1) is 0 Å². The van der Waals surface area contributed by atoms with Gasteiger partial charge in [0.25, 0.3) is 0 Å². The molecule has 4 aliphatic rings. The second kappa shape index (κ2) is 14.3. The zero-order chi connectivity index (χ0) is 41.5. The first-order valence-corrected chi connectivity index (χ1v) is 22.7. The zero-order valence-electron chi connectivity index (χ0n) is 35.3. The molecule has 13 rings (SSSR count). The largest absolute Gasteiger partial charge is 0.310 e. The van der Waals surface area contributed by atoms with Crippen molar-refractivity contribution < 1.29 is 0 Å². The van der Waals surface area contributed by atoms with Gasteiger partial charge >= 0.3 is 0 Å². The van der Waals surface area contributed by atoms with Gasteiger partial charge in [0.2, 0.25) is 0 Å². The van der Waals surface area contributed by atoms with Crippen LogP contribution in [0.3, 0.4) is 0 Å². The lowest BCUT2D eigenvalue weighted by Crippen LogP contribution is -2.26. The molecular formula is C61H46N2. The van der Waals surface area contributed by atoms with E-state index in [0.717, 1.165) is 38.5 Å². The lowest BCUT2D eigenvalue weighted by Gasteiger charge is -2.31. The Hall–Kier alpha value is -7.42. The standard InChI is InChI=1S/C61H46N2/c1-2-18-48-40-61(39-47(48)17-1)54-37-41(26-34-51(54)52-35-33-49(38-55(52)61)62-56-21-9-3-13-43(56)28-29-44-14-4-10-22-57(44)62)25-27-42-32-36-60(53-20-8-7-19-50(42)53)63-58-23-11-5-15-45(58)30-31-46-16-6-12-24-59(46)63/h1-27,32-38H,28-31,39-40H2/b27-25+. The molecule has 1 spiro atoms. The third-order valence-electron chi connectivity index (χ3n) is 14.6. The van der Waals surface area contributed by atoms with Crippen LogP contribution in [0.4, 0.5) is 34.1 Å². The first kappa shape index (κ1) is 36.3. The summed E-state index contributed by atoms with van der Waals surface area (Å²) in [6, 6.07) is 73.2. The summed E-state index contributed by atoms with van der Waals surface area (Å²) >= 11 is 0. The van der Waals surface area contributed by atoms with Crippen molar-refractivity contribution in [3.8, 4) is 11.1 Å². The van der Waals surface area contributed by atoms with Crippen LogP contribution in [0, 0.1) is 0 Å². The first-order chi connectivity index (χ1) is 31.2. The van der Waals surface area contributed by atoms with Gasteiger partial charge in [0.1, 0.15) is 0 Å². The number of hydrogen-bond acceptors (Lipinski definition) is 2. The summed E-state index contributed by atoms with van der Waals surface area (Å²) < 4.78 is 0. The fraction of sp³-hybridized carbons (Fsp3) is 0.115. The monoisotopic (exact) mass is 806 g/mol. The highest BCUT2D eigenvalue weighted by Crippen LogP contribution is 2.57. The Kier molecular flexibility index (Phi) is 8.24. The van der Waals surface area contributed by atoms with Crippen LogP contribution in [0.25, 0.3) is 34.1 Å². The molecule has 0 radical (unpaired) electrons. The summed E-state index contributed by atoms with van der Waals surface area (Å²) in [6.07, 6.45) is 10.8. The van der Waals surface area contributed by atoms with Gasteiger partial charge in [-0.3, -0.25) is 0 Å². The van der Waals surface area contributed by atoms with Gasteiger partial charge in [-0.05, 0) is 153 Å². The van der Waals surface area contributed by atoms with E-state index in [0.29, 0.717) is 0 Å². The van der Waals surface area contributed by atoms with Crippen LogP contribution in [-0.4, -0.2) is 0 Å². The number of fused-ring (bicyclic) bond motifs is 11. The first-order valence-electron chi connectivity index (χ1n) is 22.7. The normalized spacial score (nSPS) is 15.2. The summed E-state index contributed by atoms with van der Waals surface area (Å²) in [5, 5.41) is 2.51. The molecule has 0 fully saturated rings. The van der Waals surface area contributed by atoms with Crippen molar-refractivity contribution in [2.24, 2.45) is 0 Å². The molecule has 0 unspecified atom stereocenters. The highest BCUT2D eigenvalue weighted by molar-refractivity contribution is 6.04. The van der Waals surface area contributed by atoms with Crippen LogP contribution in [0.15, 0.2) is 194 Å². The Morgan fingerprint density at radius 1 is 0.349 bits per heavy atom. The van der Waals surface area contributed by atoms with Crippen molar-refractivity contribution in [1.29, 1.82) is 0 Å². The SMILES string of the molecule is C(=C\c1ccc(N2c3ccccc3CCc3ccccc32)c2ccccc12)/c1ccc2c(c1)C1(Cc3ccccc3C1)c1cc(N3c4ccccc4CCc4ccccc43)ccc1-2. The minimum atomic E-state index is -0.146. The Labute approximate surface area is 370 Å². The van der Waals surface area contributed by atoms with E-state index in [4.69, 9.17) is 0 Å². The van der Waals surface area contributed by atoms with E-state index >= 15 is 0 Å². The molecule has 63 heavy (non-hydrogen) atoms. The Balaban J connectivity index is 0.914. The van der Waals surface area contributed by atoms with Crippen LogP contribution in [-0.2, 0) is 43.9 Å². The van der Waals surface area contributed by atoms with Gasteiger partial charge in [-0.2, -0.15) is 0 Å². The van der Waals surface area contributed by atoms with Crippen molar-refractivity contribution in [2.75, 3.05) is 9.80 Å². The molecule has 0 aromatic heterocycles. The Morgan fingerprint density at radius 3 is 1.38 bits per heavy atom. The second-order valence-corrected chi connectivity index (χ2v) is 18.0. The third-order valence-corrected chi connectivity index (χ3v) is 14.6. The number of hydrogen-bond donors (Lipinski definition) is 0. The maximum absolute atomic E-state index is 2.55. The highest BCUT2D eigenvalue weighted by Gasteiger charge is 2.47. The van der Waals surface area contributed by atoms with E-state index < -0.39 is 0 Å². The van der Waals surface area contributed by atoms with E-state index in [-0.39, 0.29) is 5.41 Å². The summed E-state index contributed by atoms with van der Waals surface area (Å²) in [5.74, 6) is 0. The average Bonchev–Trinajstić information content (AvgIpc) is 3.72. The van der Waals surface area contributed by atoms with Gasteiger partial charge < -0.3 is 9.80 Å². The predicted molar refractivity (Wildman–Crippen MR) is 264 cm³/mol. The molecule has 2 nitrogen and oxygen atoms in total. The van der Waals surface area contributed by atoms with Crippen LogP contribution in [0.1, 0.15) is 55.6 Å². The molecule has 9 aromatic carbocycles.